The Morgan fingerprint density at radius 1 is 1.33 bits per heavy atom. The van der Waals surface area contributed by atoms with Crippen LogP contribution in [0, 0.1) is 6.92 Å². The SMILES string of the molecule is CNC(=O)C1CCCCN1C(=O)c1oc2ccc(OC)cc2c1C. The van der Waals surface area contributed by atoms with Crippen molar-refractivity contribution in [3.63, 3.8) is 0 Å². The fourth-order valence-corrected chi connectivity index (χ4v) is 3.28. The molecule has 6 nitrogen and oxygen atoms in total. The number of nitrogens with one attached hydrogen (secondary N) is 1. The quantitative estimate of drug-likeness (QED) is 0.938. The number of likely N-dealkylation sites (tertiary alicyclic amines) is 1. The molecule has 1 unspecified atom stereocenters. The van der Waals surface area contributed by atoms with Crippen molar-refractivity contribution in [1.82, 2.24) is 10.2 Å². The first-order valence-corrected chi connectivity index (χ1v) is 8.16. The summed E-state index contributed by atoms with van der Waals surface area (Å²) in [7, 11) is 3.20. The van der Waals surface area contributed by atoms with Crippen LogP contribution in [-0.4, -0.2) is 43.5 Å². The third-order valence-electron chi connectivity index (χ3n) is 4.65. The zero-order chi connectivity index (χ0) is 17.3. The number of nitrogens with zero attached hydrogens (tertiary/aromatic N) is 1. The van der Waals surface area contributed by atoms with Gasteiger partial charge in [0, 0.05) is 24.5 Å². The monoisotopic (exact) mass is 330 g/mol. The number of hydrogen-bond acceptors (Lipinski definition) is 4. The lowest BCUT2D eigenvalue weighted by Crippen LogP contribution is -2.51. The molecule has 0 radical (unpaired) electrons. The van der Waals surface area contributed by atoms with Gasteiger partial charge in [0.1, 0.15) is 17.4 Å². The maximum Gasteiger partial charge on any atom is 0.290 e. The highest BCUT2D eigenvalue weighted by Crippen LogP contribution is 2.30. The van der Waals surface area contributed by atoms with Crippen molar-refractivity contribution in [1.29, 1.82) is 0 Å². The summed E-state index contributed by atoms with van der Waals surface area (Å²) in [5.41, 5.74) is 1.42. The number of methoxy groups -OCH3 is 1. The Balaban J connectivity index is 1.98. The zero-order valence-electron chi connectivity index (χ0n) is 14.2. The van der Waals surface area contributed by atoms with Gasteiger partial charge in [-0.3, -0.25) is 9.59 Å². The Kier molecular flexibility index (Phi) is 4.46. The predicted octanol–water partition coefficient (Wildman–Crippen LogP) is 2.49. The maximum absolute atomic E-state index is 13.0. The Morgan fingerprint density at radius 2 is 2.12 bits per heavy atom. The Morgan fingerprint density at radius 3 is 2.83 bits per heavy atom. The van der Waals surface area contributed by atoms with Crippen molar-refractivity contribution in [2.45, 2.75) is 32.2 Å². The molecule has 24 heavy (non-hydrogen) atoms. The number of hydrogen-bond donors (Lipinski definition) is 1. The first kappa shape index (κ1) is 16.4. The van der Waals surface area contributed by atoms with Gasteiger partial charge in [0.05, 0.1) is 7.11 Å². The average Bonchev–Trinajstić information content (AvgIpc) is 2.96. The standard InChI is InChI=1S/C18H22N2O4/c1-11-13-10-12(23-3)7-8-15(13)24-16(11)18(22)20-9-5-4-6-14(20)17(21)19-2/h7-8,10,14H,4-6,9H2,1-3H3,(H,19,21). The number of furan rings is 1. The summed E-state index contributed by atoms with van der Waals surface area (Å²) in [5.74, 6) is 0.662. The minimum Gasteiger partial charge on any atom is -0.497 e. The molecule has 1 fully saturated rings. The largest absolute Gasteiger partial charge is 0.497 e. The number of ether oxygens (including phenoxy) is 1. The summed E-state index contributed by atoms with van der Waals surface area (Å²) in [6, 6.07) is 5.02. The fourth-order valence-electron chi connectivity index (χ4n) is 3.28. The van der Waals surface area contributed by atoms with E-state index in [0.717, 1.165) is 23.8 Å². The van der Waals surface area contributed by atoms with Crippen LogP contribution in [0.2, 0.25) is 0 Å². The van der Waals surface area contributed by atoms with E-state index in [1.54, 1.807) is 31.2 Å². The molecule has 2 heterocycles. The third-order valence-corrected chi connectivity index (χ3v) is 4.65. The number of carbonyl (C=O) groups excluding carboxylic acids is 2. The second-order valence-electron chi connectivity index (χ2n) is 6.04. The van der Waals surface area contributed by atoms with Gasteiger partial charge in [-0.15, -0.1) is 0 Å². The molecule has 1 aromatic heterocycles. The maximum atomic E-state index is 13.0. The Bertz CT molecular complexity index is 781. The lowest BCUT2D eigenvalue weighted by molar-refractivity contribution is -0.126. The molecule has 1 saturated heterocycles. The van der Waals surface area contributed by atoms with Crippen molar-refractivity contribution < 1.29 is 18.7 Å². The van der Waals surface area contributed by atoms with Crippen molar-refractivity contribution in [2.24, 2.45) is 0 Å². The molecule has 0 bridgehead atoms. The highest BCUT2D eigenvalue weighted by molar-refractivity contribution is 6.01. The van der Waals surface area contributed by atoms with E-state index in [4.69, 9.17) is 9.15 Å². The van der Waals surface area contributed by atoms with Gasteiger partial charge < -0.3 is 19.4 Å². The van der Waals surface area contributed by atoms with E-state index in [0.29, 0.717) is 30.1 Å². The number of carbonyl (C=O) groups is 2. The highest BCUT2D eigenvalue weighted by atomic mass is 16.5. The van der Waals surface area contributed by atoms with Gasteiger partial charge in [-0.05, 0) is 44.4 Å². The molecule has 1 N–H and O–H groups in total. The second kappa shape index (κ2) is 6.55. The molecule has 1 aliphatic rings. The van der Waals surface area contributed by atoms with Gasteiger partial charge in [-0.1, -0.05) is 0 Å². The number of benzene rings is 1. The summed E-state index contributed by atoms with van der Waals surface area (Å²) >= 11 is 0. The van der Waals surface area contributed by atoms with E-state index in [9.17, 15) is 9.59 Å². The fraction of sp³-hybridized carbons (Fsp3) is 0.444. The van der Waals surface area contributed by atoms with Crippen LogP contribution in [0.15, 0.2) is 22.6 Å². The summed E-state index contributed by atoms with van der Waals surface area (Å²) < 4.78 is 11.0. The van der Waals surface area contributed by atoms with Crippen LogP contribution in [0.1, 0.15) is 35.4 Å². The van der Waals surface area contributed by atoms with Crippen LogP contribution >= 0.6 is 0 Å². The molecule has 3 rings (SSSR count). The normalized spacial score (nSPS) is 17.8. The lowest BCUT2D eigenvalue weighted by Gasteiger charge is -2.33. The second-order valence-corrected chi connectivity index (χ2v) is 6.04. The predicted molar refractivity (Wildman–Crippen MR) is 90.2 cm³/mol. The summed E-state index contributed by atoms with van der Waals surface area (Å²) in [5, 5.41) is 3.50. The molecular weight excluding hydrogens is 308 g/mol. The molecule has 0 aliphatic carbocycles. The highest BCUT2D eigenvalue weighted by Gasteiger charge is 2.34. The van der Waals surface area contributed by atoms with Crippen LogP contribution in [-0.2, 0) is 4.79 Å². The first-order valence-electron chi connectivity index (χ1n) is 8.16. The number of amides is 2. The number of rotatable bonds is 3. The van der Waals surface area contributed by atoms with Gasteiger partial charge in [-0.25, -0.2) is 0 Å². The topological polar surface area (TPSA) is 71.8 Å². The van der Waals surface area contributed by atoms with E-state index >= 15 is 0 Å². The van der Waals surface area contributed by atoms with Crippen molar-refractivity contribution >= 4 is 22.8 Å². The van der Waals surface area contributed by atoms with Crippen LogP contribution in [0.4, 0.5) is 0 Å². The molecule has 2 aromatic rings. The van der Waals surface area contributed by atoms with E-state index in [1.165, 1.54) is 0 Å². The number of piperidine rings is 1. The van der Waals surface area contributed by atoms with Crippen molar-refractivity contribution in [2.75, 3.05) is 20.7 Å². The Hall–Kier alpha value is -2.50. The molecule has 1 aliphatic heterocycles. The van der Waals surface area contributed by atoms with Gasteiger partial charge >= 0.3 is 0 Å². The van der Waals surface area contributed by atoms with Crippen LogP contribution < -0.4 is 10.1 Å². The number of likely N-dealkylation sites (N-methyl/N-ethyl adjacent to an activating group) is 1. The first-order chi connectivity index (χ1) is 11.6. The molecule has 0 spiro atoms. The van der Waals surface area contributed by atoms with E-state index < -0.39 is 6.04 Å². The van der Waals surface area contributed by atoms with Crippen LogP contribution in [0.3, 0.4) is 0 Å². The van der Waals surface area contributed by atoms with Gasteiger partial charge in [0.25, 0.3) is 5.91 Å². The van der Waals surface area contributed by atoms with Gasteiger partial charge in [0.15, 0.2) is 5.76 Å². The Labute approximate surface area is 140 Å². The van der Waals surface area contributed by atoms with E-state index in [-0.39, 0.29) is 11.8 Å². The minimum atomic E-state index is -0.432. The summed E-state index contributed by atoms with van der Waals surface area (Å²) in [4.78, 5) is 26.7. The number of fused-ring (bicyclic) bond motifs is 1. The minimum absolute atomic E-state index is 0.126. The van der Waals surface area contributed by atoms with Crippen molar-refractivity contribution in [3.05, 3.63) is 29.5 Å². The van der Waals surface area contributed by atoms with E-state index in [1.807, 2.05) is 13.0 Å². The molecule has 1 aromatic carbocycles. The smallest absolute Gasteiger partial charge is 0.290 e. The van der Waals surface area contributed by atoms with Gasteiger partial charge in [-0.2, -0.15) is 0 Å². The van der Waals surface area contributed by atoms with Crippen molar-refractivity contribution in [3.8, 4) is 5.75 Å². The van der Waals surface area contributed by atoms with Crippen LogP contribution in [0.25, 0.3) is 11.0 Å². The van der Waals surface area contributed by atoms with E-state index in [2.05, 4.69) is 5.32 Å². The van der Waals surface area contributed by atoms with Gasteiger partial charge in [0.2, 0.25) is 5.91 Å². The number of aryl methyl sites for hydroxylation is 1. The summed E-state index contributed by atoms with van der Waals surface area (Å²) in [6.45, 7) is 2.42. The zero-order valence-corrected chi connectivity index (χ0v) is 14.2. The molecule has 6 heteroatoms. The molecule has 2 amide bonds. The lowest BCUT2D eigenvalue weighted by atomic mass is 10.0. The summed E-state index contributed by atoms with van der Waals surface area (Å²) in [6.07, 6.45) is 2.52. The average molecular weight is 330 g/mol. The molecular formula is C18H22N2O4. The third kappa shape index (κ3) is 2.72. The molecule has 1 atom stereocenters. The molecule has 128 valence electrons. The van der Waals surface area contributed by atoms with Crippen LogP contribution in [0.5, 0.6) is 5.75 Å². The molecule has 0 saturated carbocycles.